The van der Waals surface area contributed by atoms with Crippen LogP contribution in [0.15, 0.2) is 70.6 Å². The molecule has 1 aliphatic rings. The molecule has 0 saturated heterocycles. The smallest absolute Gasteiger partial charge is 0.0845 e. The second-order valence-corrected chi connectivity index (χ2v) is 8.01. The van der Waals surface area contributed by atoms with Gasteiger partial charge in [0.1, 0.15) is 0 Å². The van der Waals surface area contributed by atoms with Gasteiger partial charge in [0.05, 0.1) is 22.8 Å². The Bertz CT molecular complexity index is 1030. The van der Waals surface area contributed by atoms with Crippen molar-refractivity contribution in [3.63, 3.8) is 0 Å². The Kier molecular flexibility index (Phi) is 6.65. The summed E-state index contributed by atoms with van der Waals surface area (Å²) in [5, 5.41) is 2.61. The molecule has 4 nitrogen and oxygen atoms in total. The number of aromatic nitrogens is 1. The summed E-state index contributed by atoms with van der Waals surface area (Å²) in [5.41, 5.74) is 5.28. The molecular weight excluding hydrogens is 368 g/mol. The predicted molar refractivity (Wildman–Crippen MR) is 127 cm³/mol. The molecule has 0 fully saturated rings. The molecule has 0 saturated carbocycles. The van der Waals surface area contributed by atoms with Gasteiger partial charge in [-0.25, -0.2) is 4.98 Å². The van der Waals surface area contributed by atoms with Gasteiger partial charge in [0.2, 0.25) is 0 Å². The molecule has 2 aromatic carbocycles. The van der Waals surface area contributed by atoms with Crippen LogP contribution in [0.1, 0.15) is 43.6 Å². The van der Waals surface area contributed by atoms with E-state index in [9.17, 15) is 0 Å². The first-order valence-corrected chi connectivity index (χ1v) is 10.9. The van der Waals surface area contributed by atoms with Gasteiger partial charge in [-0.05, 0) is 61.2 Å². The van der Waals surface area contributed by atoms with Gasteiger partial charge >= 0.3 is 0 Å². The van der Waals surface area contributed by atoms with Crippen molar-refractivity contribution in [1.82, 2.24) is 9.88 Å². The van der Waals surface area contributed by atoms with Gasteiger partial charge in [0.25, 0.3) is 0 Å². The van der Waals surface area contributed by atoms with Crippen LogP contribution in [-0.2, 0) is 6.54 Å². The van der Waals surface area contributed by atoms with E-state index < -0.39 is 0 Å². The number of fused-ring (bicyclic) bond motifs is 3. The van der Waals surface area contributed by atoms with E-state index in [1.54, 1.807) is 0 Å². The maximum Gasteiger partial charge on any atom is 0.0845 e. The van der Waals surface area contributed by atoms with Crippen molar-refractivity contribution >= 4 is 22.2 Å². The van der Waals surface area contributed by atoms with Crippen LogP contribution in [0.3, 0.4) is 0 Å². The minimum atomic E-state index is 0.832. The minimum absolute atomic E-state index is 0.832. The molecule has 3 aromatic rings. The van der Waals surface area contributed by atoms with Gasteiger partial charge in [-0.2, -0.15) is 0 Å². The van der Waals surface area contributed by atoms with E-state index >= 15 is 0 Å². The minimum Gasteiger partial charge on any atom is -0.299 e. The topological polar surface area (TPSA) is 40.9 Å². The summed E-state index contributed by atoms with van der Waals surface area (Å²) in [6.45, 7) is 8.82. The number of pyridine rings is 1. The van der Waals surface area contributed by atoms with Crippen molar-refractivity contribution in [3.8, 4) is 0 Å². The Balaban J connectivity index is 1.50. The Morgan fingerprint density at radius 1 is 0.733 bits per heavy atom. The van der Waals surface area contributed by atoms with Crippen molar-refractivity contribution in [2.24, 2.45) is 9.98 Å². The number of nitrogens with zero attached hydrogens (tertiary/aromatic N) is 4. The first kappa shape index (κ1) is 20.4. The third-order valence-corrected chi connectivity index (χ3v) is 5.67. The number of rotatable bonds is 2. The van der Waals surface area contributed by atoms with Crippen LogP contribution < -0.4 is 0 Å². The molecule has 0 radical (unpaired) electrons. The van der Waals surface area contributed by atoms with E-state index in [4.69, 9.17) is 15.0 Å². The van der Waals surface area contributed by atoms with E-state index in [-0.39, 0.29) is 0 Å². The van der Waals surface area contributed by atoms with Crippen LogP contribution in [0.5, 0.6) is 0 Å². The number of benzene rings is 2. The molecule has 4 heteroatoms. The third-order valence-electron chi connectivity index (χ3n) is 5.67. The molecule has 4 rings (SSSR count). The quantitative estimate of drug-likeness (QED) is 0.599. The zero-order chi connectivity index (χ0) is 20.8. The SMILES string of the molecule is CC1=NCCCN(Cc2ccc3ccccc3c2)CCCN=C(C)c2cccc1n2. The first-order valence-electron chi connectivity index (χ1n) is 10.9. The highest BCUT2D eigenvalue weighted by Gasteiger charge is 2.09. The van der Waals surface area contributed by atoms with Gasteiger partial charge in [-0.15, -0.1) is 0 Å². The van der Waals surface area contributed by atoms with Crippen LogP contribution >= 0.6 is 0 Å². The van der Waals surface area contributed by atoms with E-state index in [0.717, 1.165) is 68.4 Å². The second kappa shape index (κ2) is 9.77. The summed E-state index contributed by atoms with van der Waals surface area (Å²) in [4.78, 5) is 16.9. The Morgan fingerprint density at radius 3 is 2.03 bits per heavy atom. The highest BCUT2D eigenvalue weighted by atomic mass is 15.1. The second-order valence-electron chi connectivity index (χ2n) is 8.01. The van der Waals surface area contributed by atoms with E-state index in [2.05, 4.69) is 61.2 Å². The third kappa shape index (κ3) is 5.19. The summed E-state index contributed by atoms with van der Waals surface area (Å²) >= 11 is 0. The van der Waals surface area contributed by atoms with Crippen molar-refractivity contribution in [2.45, 2.75) is 33.2 Å². The lowest BCUT2D eigenvalue weighted by Gasteiger charge is -2.22. The molecule has 0 N–H and O–H groups in total. The van der Waals surface area contributed by atoms with E-state index in [1.807, 2.05) is 18.2 Å². The number of hydrogen-bond acceptors (Lipinski definition) is 4. The molecule has 0 atom stereocenters. The van der Waals surface area contributed by atoms with Crippen molar-refractivity contribution in [3.05, 3.63) is 77.6 Å². The van der Waals surface area contributed by atoms with Crippen molar-refractivity contribution in [1.29, 1.82) is 0 Å². The van der Waals surface area contributed by atoms with Crippen LogP contribution in [0, 0.1) is 0 Å². The molecule has 1 aromatic heterocycles. The molecule has 0 unspecified atom stereocenters. The Labute approximate surface area is 179 Å². The van der Waals surface area contributed by atoms with Crippen molar-refractivity contribution in [2.75, 3.05) is 26.2 Å². The van der Waals surface area contributed by atoms with E-state index in [1.165, 1.54) is 16.3 Å². The standard InChI is InChI=1S/C26H30N4/c1-20-25-10-5-11-26(29-25)21(2)28-15-7-17-30(16-6-14-27-20)19-22-12-13-23-8-3-4-9-24(23)18-22/h3-5,8-13,18H,6-7,14-17,19H2,1-2H3. The normalized spacial score (nSPS) is 16.6. The van der Waals surface area contributed by atoms with Gasteiger partial charge in [0.15, 0.2) is 0 Å². The lowest BCUT2D eigenvalue weighted by molar-refractivity contribution is 0.262. The summed E-state index contributed by atoms with van der Waals surface area (Å²) in [6.07, 6.45) is 2.10. The summed E-state index contributed by atoms with van der Waals surface area (Å²) < 4.78 is 0. The van der Waals surface area contributed by atoms with Gasteiger partial charge < -0.3 is 0 Å². The highest BCUT2D eigenvalue weighted by Crippen LogP contribution is 2.17. The lowest BCUT2D eigenvalue weighted by Crippen LogP contribution is -2.27. The first-order chi connectivity index (χ1) is 14.7. The van der Waals surface area contributed by atoms with Crippen LogP contribution in [0.2, 0.25) is 0 Å². The lowest BCUT2D eigenvalue weighted by atomic mass is 10.1. The zero-order valence-corrected chi connectivity index (χ0v) is 18.0. The zero-order valence-electron chi connectivity index (χ0n) is 18.0. The fourth-order valence-corrected chi connectivity index (χ4v) is 3.95. The molecule has 2 heterocycles. The Hall–Kier alpha value is -2.85. The molecule has 1 aliphatic heterocycles. The summed E-state index contributed by atoms with van der Waals surface area (Å²) in [6, 6.07) is 21.5. The molecule has 0 amide bonds. The number of hydrogen-bond donors (Lipinski definition) is 0. The summed E-state index contributed by atoms with van der Waals surface area (Å²) in [7, 11) is 0. The van der Waals surface area contributed by atoms with Gasteiger partial charge in [-0.1, -0.05) is 42.5 Å². The van der Waals surface area contributed by atoms with Crippen LogP contribution in [0.25, 0.3) is 10.8 Å². The average Bonchev–Trinajstić information content (AvgIpc) is 2.78. The Morgan fingerprint density at radius 2 is 1.37 bits per heavy atom. The van der Waals surface area contributed by atoms with E-state index in [0.29, 0.717) is 0 Å². The van der Waals surface area contributed by atoms with Crippen molar-refractivity contribution < 1.29 is 0 Å². The molecule has 2 bridgehead atoms. The molecule has 30 heavy (non-hydrogen) atoms. The fourth-order valence-electron chi connectivity index (χ4n) is 3.95. The maximum absolute atomic E-state index is 4.78. The molecule has 0 spiro atoms. The maximum atomic E-state index is 4.78. The molecule has 0 aliphatic carbocycles. The van der Waals surface area contributed by atoms with Crippen LogP contribution in [-0.4, -0.2) is 47.5 Å². The average molecular weight is 399 g/mol. The van der Waals surface area contributed by atoms with Crippen LogP contribution in [0.4, 0.5) is 0 Å². The molecular formula is C26H30N4. The highest BCUT2D eigenvalue weighted by molar-refractivity contribution is 6.00. The molecule has 154 valence electrons. The predicted octanol–water partition coefficient (Wildman–Crippen LogP) is 5.15. The fraction of sp³-hybridized carbons (Fsp3) is 0.346. The number of aliphatic imine (C=N–C) groups is 2. The monoisotopic (exact) mass is 398 g/mol. The van der Waals surface area contributed by atoms with Gasteiger partial charge in [-0.3, -0.25) is 14.9 Å². The largest absolute Gasteiger partial charge is 0.299 e. The summed E-state index contributed by atoms with van der Waals surface area (Å²) in [5.74, 6) is 0. The van der Waals surface area contributed by atoms with Gasteiger partial charge in [0, 0.05) is 32.7 Å².